The molecule has 2 fully saturated rings. The van der Waals surface area contributed by atoms with Gasteiger partial charge in [0.2, 0.25) is 0 Å². The van der Waals surface area contributed by atoms with Crippen molar-refractivity contribution in [2.45, 2.75) is 31.8 Å². The van der Waals surface area contributed by atoms with Crippen LogP contribution in [0.2, 0.25) is 10.0 Å². The Morgan fingerprint density at radius 1 is 1.26 bits per heavy atom. The van der Waals surface area contributed by atoms with Crippen LogP contribution in [-0.4, -0.2) is 18.6 Å². The number of rotatable bonds is 4. The van der Waals surface area contributed by atoms with Crippen LogP contribution >= 0.6 is 34.8 Å². The molecule has 1 aromatic rings. The lowest BCUT2D eigenvalue weighted by atomic mass is 9.75. The molecule has 1 nitrogen and oxygen atoms in total. The Bertz CT molecular complexity index is 472. The molecule has 4 heteroatoms. The van der Waals surface area contributed by atoms with Gasteiger partial charge in [0, 0.05) is 27.9 Å². The van der Waals surface area contributed by atoms with Crippen LogP contribution < -0.4 is 0 Å². The van der Waals surface area contributed by atoms with Crippen LogP contribution in [0.1, 0.15) is 24.8 Å². The fourth-order valence-electron chi connectivity index (χ4n) is 3.17. The van der Waals surface area contributed by atoms with Crippen LogP contribution in [0.25, 0.3) is 0 Å². The zero-order valence-electron chi connectivity index (χ0n) is 10.7. The van der Waals surface area contributed by atoms with Gasteiger partial charge in [0.1, 0.15) is 0 Å². The number of benzene rings is 1. The number of alkyl halides is 1. The van der Waals surface area contributed by atoms with Crippen molar-refractivity contribution in [1.29, 1.82) is 0 Å². The molecule has 0 aromatic heterocycles. The lowest BCUT2D eigenvalue weighted by Gasteiger charge is -2.32. The molecule has 2 atom stereocenters. The molecule has 0 N–H and O–H groups in total. The average molecular weight is 320 g/mol. The molecular formula is C15H17Cl3O. The molecule has 0 amide bonds. The molecule has 3 rings (SSSR count). The van der Waals surface area contributed by atoms with Gasteiger partial charge in [-0.2, -0.15) is 0 Å². The molecule has 1 heterocycles. The third kappa shape index (κ3) is 2.76. The standard InChI is InChI=1S/C15H17Cl3O/c16-9-15(5-6-19-14(15)10-1-2-10)8-11-3-4-12(17)7-13(11)18/h3-4,7,10,14H,1-2,5-6,8-9H2. The van der Waals surface area contributed by atoms with Gasteiger partial charge in [-0.25, -0.2) is 0 Å². The molecule has 2 unspecified atom stereocenters. The summed E-state index contributed by atoms with van der Waals surface area (Å²) in [5.74, 6) is 1.33. The zero-order chi connectivity index (χ0) is 13.5. The van der Waals surface area contributed by atoms with Gasteiger partial charge in [-0.1, -0.05) is 29.3 Å². The summed E-state index contributed by atoms with van der Waals surface area (Å²) in [5.41, 5.74) is 1.17. The van der Waals surface area contributed by atoms with Crippen molar-refractivity contribution in [3.8, 4) is 0 Å². The first-order chi connectivity index (χ1) is 9.14. The topological polar surface area (TPSA) is 9.23 Å². The smallest absolute Gasteiger partial charge is 0.0674 e. The van der Waals surface area contributed by atoms with Crippen molar-refractivity contribution < 1.29 is 4.74 Å². The zero-order valence-corrected chi connectivity index (χ0v) is 12.9. The first kappa shape index (κ1) is 14.0. The third-order valence-corrected chi connectivity index (χ3v) is 5.49. The monoisotopic (exact) mass is 318 g/mol. The van der Waals surface area contributed by atoms with Crippen LogP contribution in [-0.2, 0) is 11.2 Å². The minimum Gasteiger partial charge on any atom is -0.377 e. The van der Waals surface area contributed by atoms with Crippen molar-refractivity contribution in [3.05, 3.63) is 33.8 Å². The molecule has 1 aliphatic heterocycles. The summed E-state index contributed by atoms with van der Waals surface area (Å²) in [7, 11) is 0. The van der Waals surface area contributed by atoms with Gasteiger partial charge < -0.3 is 4.74 Å². The number of ether oxygens (including phenoxy) is 1. The number of hydrogen-bond acceptors (Lipinski definition) is 1. The maximum absolute atomic E-state index is 6.32. The SMILES string of the molecule is ClCC1(Cc2ccc(Cl)cc2Cl)CCOC1C1CC1. The first-order valence-corrected chi connectivity index (χ1v) is 8.05. The lowest BCUT2D eigenvalue weighted by Crippen LogP contribution is -2.36. The average Bonchev–Trinajstić information content (AvgIpc) is 3.15. The van der Waals surface area contributed by atoms with E-state index in [-0.39, 0.29) is 5.41 Å². The van der Waals surface area contributed by atoms with Gasteiger partial charge in [0.25, 0.3) is 0 Å². The van der Waals surface area contributed by atoms with Gasteiger partial charge >= 0.3 is 0 Å². The molecule has 1 aliphatic carbocycles. The van der Waals surface area contributed by atoms with Crippen molar-refractivity contribution in [3.63, 3.8) is 0 Å². The van der Waals surface area contributed by atoms with Crippen molar-refractivity contribution in [2.24, 2.45) is 11.3 Å². The minimum absolute atomic E-state index is 0.0419. The highest BCUT2D eigenvalue weighted by atomic mass is 35.5. The second kappa shape index (κ2) is 5.44. The van der Waals surface area contributed by atoms with Gasteiger partial charge in [-0.3, -0.25) is 0 Å². The Labute approximate surface area is 129 Å². The molecule has 2 aliphatic rings. The van der Waals surface area contributed by atoms with Gasteiger partial charge in [-0.05, 0) is 49.3 Å². The second-order valence-corrected chi connectivity index (χ2v) is 6.90. The van der Waals surface area contributed by atoms with Crippen molar-refractivity contribution in [2.75, 3.05) is 12.5 Å². The van der Waals surface area contributed by atoms with Crippen LogP contribution in [0.15, 0.2) is 18.2 Å². The van der Waals surface area contributed by atoms with E-state index in [0.29, 0.717) is 22.9 Å². The van der Waals surface area contributed by atoms with E-state index in [2.05, 4.69) is 0 Å². The molecule has 0 bridgehead atoms. The first-order valence-electron chi connectivity index (χ1n) is 6.76. The largest absolute Gasteiger partial charge is 0.377 e. The molecule has 19 heavy (non-hydrogen) atoms. The lowest BCUT2D eigenvalue weighted by molar-refractivity contribution is 0.0403. The van der Waals surface area contributed by atoms with Crippen LogP contribution in [0.5, 0.6) is 0 Å². The van der Waals surface area contributed by atoms with E-state index in [1.807, 2.05) is 18.2 Å². The normalized spacial score (nSPS) is 30.8. The van der Waals surface area contributed by atoms with E-state index < -0.39 is 0 Å². The summed E-state index contributed by atoms with van der Waals surface area (Å²) in [6.07, 6.45) is 4.76. The third-order valence-electron chi connectivity index (χ3n) is 4.37. The van der Waals surface area contributed by atoms with E-state index in [4.69, 9.17) is 39.5 Å². The molecular weight excluding hydrogens is 303 g/mol. The summed E-state index contributed by atoms with van der Waals surface area (Å²) >= 11 is 18.6. The van der Waals surface area contributed by atoms with E-state index in [0.717, 1.165) is 30.0 Å². The summed E-state index contributed by atoms with van der Waals surface area (Å²) in [6, 6.07) is 5.72. The Kier molecular flexibility index (Phi) is 4.01. The summed E-state index contributed by atoms with van der Waals surface area (Å²) in [6.45, 7) is 0.819. The molecule has 1 saturated heterocycles. The molecule has 1 saturated carbocycles. The predicted molar refractivity (Wildman–Crippen MR) is 80.4 cm³/mol. The van der Waals surface area contributed by atoms with E-state index in [1.165, 1.54) is 12.8 Å². The summed E-state index contributed by atoms with van der Waals surface area (Å²) < 4.78 is 5.97. The Morgan fingerprint density at radius 2 is 2.05 bits per heavy atom. The molecule has 0 radical (unpaired) electrons. The van der Waals surface area contributed by atoms with Crippen LogP contribution in [0, 0.1) is 11.3 Å². The number of halogens is 3. The van der Waals surface area contributed by atoms with Gasteiger partial charge in [0.05, 0.1) is 6.10 Å². The highest BCUT2D eigenvalue weighted by Crippen LogP contribution is 2.50. The van der Waals surface area contributed by atoms with E-state index >= 15 is 0 Å². The predicted octanol–water partition coefficient (Wildman–Crippen LogP) is 4.96. The Hall–Kier alpha value is 0.0500. The minimum atomic E-state index is 0.0419. The van der Waals surface area contributed by atoms with E-state index in [9.17, 15) is 0 Å². The molecule has 1 aromatic carbocycles. The highest BCUT2D eigenvalue weighted by molar-refractivity contribution is 6.35. The Morgan fingerprint density at radius 3 is 2.68 bits per heavy atom. The van der Waals surface area contributed by atoms with Gasteiger partial charge in [0.15, 0.2) is 0 Å². The fourth-order valence-corrected chi connectivity index (χ4v) is 4.02. The summed E-state index contributed by atoms with van der Waals surface area (Å²) in [4.78, 5) is 0. The number of hydrogen-bond donors (Lipinski definition) is 0. The van der Waals surface area contributed by atoms with Gasteiger partial charge in [-0.15, -0.1) is 11.6 Å². The maximum atomic E-state index is 6.32. The summed E-state index contributed by atoms with van der Waals surface area (Å²) in [5, 5.41) is 1.41. The van der Waals surface area contributed by atoms with Crippen LogP contribution in [0.3, 0.4) is 0 Å². The van der Waals surface area contributed by atoms with Crippen LogP contribution in [0.4, 0.5) is 0 Å². The molecule has 0 spiro atoms. The quantitative estimate of drug-likeness (QED) is 0.713. The molecule has 104 valence electrons. The second-order valence-electron chi connectivity index (χ2n) is 5.79. The van der Waals surface area contributed by atoms with E-state index in [1.54, 1.807) is 0 Å². The maximum Gasteiger partial charge on any atom is 0.0674 e. The Balaban J connectivity index is 1.85. The van der Waals surface area contributed by atoms with Crippen molar-refractivity contribution in [1.82, 2.24) is 0 Å². The van der Waals surface area contributed by atoms with Crippen molar-refractivity contribution >= 4 is 34.8 Å². The fraction of sp³-hybridized carbons (Fsp3) is 0.600. The highest BCUT2D eigenvalue weighted by Gasteiger charge is 2.50.